The Balaban J connectivity index is 0.000000189. The molecule has 2 fully saturated rings. The van der Waals surface area contributed by atoms with E-state index in [9.17, 15) is 49.2 Å². The summed E-state index contributed by atoms with van der Waals surface area (Å²) in [5.74, 6) is -2.83. The number of fused-ring (bicyclic) bond motifs is 2. The number of carboxylic acids is 2. The van der Waals surface area contributed by atoms with E-state index < -0.39 is 70.5 Å². The first-order valence-corrected chi connectivity index (χ1v) is 23.4. The van der Waals surface area contributed by atoms with Gasteiger partial charge in [-0.1, -0.05) is 59.1 Å². The van der Waals surface area contributed by atoms with Crippen molar-refractivity contribution in [3.05, 3.63) is 93.4 Å². The number of aromatic amines is 1. The Morgan fingerprint density at radius 1 is 0.778 bits per heavy atom. The van der Waals surface area contributed by atoms with Gasteiger partial charge in [0.2, 0.25) is 11.8 Å². The number of phenolic OH excluding ortho intramolecular Hbond substituents is 2. The van der Waals surface area contributed by atoms with Gasteiger partial charge < -0.3 is 42.5 Å². The lowest BCUT2D eigenvalue weighted by Crippen LogP contribution is -2.71. The second kappa shape index (κ2) is 19.4. The van der Waals surface area contributed by atoms with Gasteiger partial charge in [-0.05, 0) is 53.5 Å². The van der Waals surface area contributed by atoms with Crippen molar-refractivity contribution in [3.63, 3.8) is 0 Å². The molecule has 0 saturated carbocycles. The third-order valence-electron chi connectivity index (χ3n) is 9.83. The van der Waals surface area contributed by atoms with Crippen LogP contribution in [0.2, 0.25) is 0 Å². The van der Waals surface area contributed by atoms with Gasteiger partial charge in [0.05, 0.1) is 6.20 Å². The van der Waals surface area contributed by atoms with E-state index >= 15 is 0 Å². The van der Waals surface area contributed by atoms with Crippen LogP contribution < -0.4 is 22.1 Å². The van der Waals surface area contributed by atoms with Gasteiger partial charge in [-0.2, -0.15) is 10.3 Å². The second-order valence-electron chi connectivity index (χ2n) is 13.9. The molecule has 4 aliphatic rings. The molecule has 4 aliphatic heterocycles. The molecule has 0 bridgehead atoms. The first-order chi connectivity index (χ1) is 30.1. The Hall–Kier alpha value is -5.64. The van der Waals surface area contributed by atoms with Gasteiger partial charge in [0, 0.05) is 23.0 Å². The highest BCUT2D eigenvalue weighted by Gasteiger charge is 2.55. The van der Waals surface area contributed by atoms with E-state index in [0.717, 1.165) is 9.35 Å². The molecule has 0 unspecified atom stereocenters. The number of benzene rings is 2. The smallest absolute Gasteiger partial charge is 0.352 e. The average molecular weight is 956 g/mol. The Morgan fingerprint density at radius 3 is 1.63 bits per heavy atom. The van der Waals surface area contributed by atoms with Crippen LogP contribution in [0.15, 0.2) is 86.6 Å². The highest BCUT2D eigenvalue weighted by atomic mass is 32.2. The summed E-state index contributed by atoms with van der Waals surface area (Å²) in [6.45, 7) is 1.84. The monoisotopic (exact) mass is 955 g/mol. The van der Waals surface area contributed by atoms with Gasteiger partial charge in [0.15, 0.2) is 4.34 Å². The van der Waals surface area contributed by atoms with E-state index in [1.54, 1.807) is 0 Å². The van der Waals surface area contributed by atoms with Gasteiger partial charge in [-0.3, -0.25) is 29.0 Å². The van der Waals surface area contributed by atoms with Crippen molar-refractivity contribution in [1.82, 2.24) is 46.0 Å². The number of aromatic hydroxyl groups is 2. The van der Waals surface area contributed by atoms with Crippen LogP contribution in [0.3, 0.4) is 0 Å². The normalized spacial score (nSPS) is 21.2. The lowest BCUT2D eigenvalue weighted by Gasteiger charge is -2.49. The molecule has 0 spiro atoms. The number of nitrogens with zero attached hydrogens (tertiary/aromatic N) is 6. The SMILES string of the molecule is Cc1nnc(SCC2=C(C(=O)O)N3C(=O)[C@@H](NC(=O)[C@H](N)c4ccc(O)cc4)[C@H]3SC2)s1.N[C@@H](C(=O)N[C@@H]1C(=O)N2C(C(=O)O)=C(CSc3cn[nH]n3)CS[C@H]12)c1ccc(O)cc1. The van der Waals surface area contributed by atoms with E-state index in [1.165, 1.54) is 123 Å². The zero-order valence-electron chi connectivity index (χ0n) is 32.6. The number of rotatable bonds is 14. The number of aromatic nitrogens is 5. The number of nitrogens with one attached hydrogen (secondary N) is 3. The van der Waals surface area contributed by atoms with Crippen molar-refractivity contribution in [2.24, 2.45) is 11.5 Å². The summed E-state index contributed by atoms with van der Waals surface area (Å²) in [4.78, 5) is 76.9. The van der Waals surface area contributed by atoms with Crippen LogP contribution in [0.1, 0.15) is 28.2 Å². The van der Waals surface area contributed by atoms with Crippen molar-refractivity contribution in [1.29, 1.82) is 0 Å². The highest BCUT2D eigenvalue weighted by Crippen LogP contribution is 2.43. The lowest BCUT2D eigenvalue weighted by atomic mass is 10.0. The van der Waals surface area contributed by atoms with Crippen LogP contribution in [0.5, 0.6) is 11.5 Å². The summed E-state index contributed by atoms with van der Waals surface area (Å²) in [5, 5.41) is 61.9. The van der Waals surface area contributed by atoms with Crippen molar-refractivity contribution in [2.45, 2.75) is 51.2 Å². The number of aryl methyl sites for hydroxylation is 1. The number of aliphatic carboxylic acids is 2. The van der Waals surface area contributed by atoms with Gasteiger partial charge in [-0.25, -0.2) is 9.59 Å². The third kappa shape index (κ3) is 9.80. The zero-order chi connectivity index (χ0) is 45.1. The predicted octanol–water partition coefficient (Wildman–Crippen LogP) is 1.12. The summed E-state index contributed by atoms with van der Waals surface area (Å²) in [6, 6.07) is 7.99. The van der Waals surface area contributed by atoms with Crippen LogP contribution in [0, 0.1) is 6.92 Å². The minimum absolute atomic E-state index is 0.0409. The predicted molar refractivity (Wildman–Crippen MR) is 232 cm³/mol. The van der Waals surface area contributed by atoms with Crippen LogP contribution in [-0.2, 0) is 28.8 Å². The van der Waals surface area contributed by atoms with E-state index in [0.29, 0.717) is 50.3 Å². The van der Waals surface area contributed by atoms with E-state index in [4.69, 9.17) is 11.5 Å². The molecule has 4 amide bonds. The topological polar surface area (TPSA) is 333 Å². The summed E-state index contributed by atoms with van der Waals surface area (Å²) in [6.07, 6.45) is 1.53. The number of nitrogens with two attached hydrogens (primary N) is 2. The minimum Gasteiger partial charge on any atom is -0.508 e. The number of carbonyl (C=O) groups excluding carboxylic acids is 4. The second-order valence-corrected chi connectivity index (χ2v) is 19.5. The fraction of sp³-hybridized carbons (Fsp3) is 0.297. The van der Waals surface area contributed by atoms with E-state index in [-0.39, 0.29) is 22.9 Å². The van der Waals surface area contributed by atoms with E-state index in [2.05, 4.69) is 36.2 Å². The summed E-state index contributed by atoms with van der Waals surface area (Å²) in [5.41, 5.74) is 14.0. The number of thioether (sulfide) groups is 4. The molecular weight excluding hydrogens is 919 g/mol. The molecule has 8 rings (SSSR count). The molecule has 6 atom stereocenters. The standard InChI is InChI=1S/C19H19N5O5S3.C18H18N6O5S2/c1-8-22-23-19(32-8)31-7-10-6-30-17-13(16(27)24(17)14(10)18(28)29)21-15(26)12(20)9-2-4-11(25)5-3-9;19-12(8-1-3-10(25)4-2-8)15(26)21-13-16(27)24-14(18(28)29)9(7-31-17(13)24)6-30-11-5-20-23-22-11/h2-5,12-13,17,25H,6-7,20H2,1H3,(H,21,26)(H,28,29);1-5,12-13,17,25H,6-7,19H2,(H,21,26)(H,28,29)(H,20,22,23)/t2*12-,13-,17-/m11/s1. The van der Waals surface area contributed by atoms with Crippen molar-refractivity contribution in [2.75, 3.05) is 23.0 Å². The molecule has 21 nitrogen and oxygen atoms in total. The highest BCUT2D eigenvalue weighted by molar-refractivity contribution is 8.02. The molecule has 0 aliphatic carbocycles. The zero-order valence-corrected chi connectivity index (χ0v) is 36.7. The quantitative estimate of drug-likeness (QED) is 0.0632. The fourth-order valence-corrected chi connectivity index (χ4v) is 12.2. The number of phenols is 2. The van der Waals surface area contributed by atoms with Gasteiger partial charge in [0.25, 0.3) is 11.8 Å². The van der Waals surface area contributed by atoms with Gasteiger partial charge in [-0.15, -0.1) is 38.8 Å². The molecule has 26 heteroatoms. The van der Waals surface area contributed by atoms with Gasteiger partial charge >= 0.3 is 11.9 Å². The molecule has 2 saturated heterocycles. The number of hydrogen-bond acceptors (Lipinski definition) is 19. The number of amides is 4. The van der Waals surface area contributed by atoms with Crippen LogP contribution in [-0.4, -0.2) is 137 Å². The lowest BCUT2D eigenvalue weighted by molar-refractivity contribution is -0.150. The number of carboxylic acid groups (broad SMARTS) is 2. The molecule has 2 aromatic carbocycles. The number of β-lactam (4-membered cyclic amide) rings is 2. The van der Waals surface area contributed by atoms with Crippen molar-refractivity contribution >= 4 is 94.0 Å². The molecular formula is C37H37N11O10S5. The molecule has 63 heavy (non-hydrogen) atoms. The Kier molecular flexibility index (Phi) is 14.0. The van der Waals surface area contributed by atoms with Crippen molar-refractivity contribution < 1.29 is 49.2 Å². The number of carbonyl (C=O) groups is 6. The van der Waals surface area contributed by atoms with Crippen LogP contribution in [0.25, 0.3) is 0 Å². The van der Waals surface area contributed by atoms with Crippen molar-refractivity contribution in [3.8, 4) is 11.5 Å². The maximum Gasteiger partial charge on any atom is 0.352 e. The van der Waals surface area contributed by atoms with Crippen LogP contribution in [0.4, 0.5) is 0 Å². The summed E-state index contributed by atoms with van der Waals surface area (Å²) in [7, 11) is 0. The summed E-state index contributed by atoms with van der Waals surface area (Å²) < 4.78 is 0.732. The molecule has 11 N–H and O–H groups in total. The Bertz CT molecular complexity index is 2490. The fourth-order valence-electron chi connectivity index (χ4n) is 6.65. The molecule has 0 radical (unpaired) electrons. The maximum atomic E-state index is 12.8. The number of H-pyrrole nitrogens is 1. The minimum atomic E-state index is -1.19. The molecule has 4 aromatic rings. The van der Waals surface area contributed by atoms with Crippen LogP contribution >= 0.6 is 58.4 Å². The molecule has 6 heterocycles. The molecule has 2 aromatic heterocycles. The first-order valence-electron chi connectivity index (χ1n) is 18.5. The van der Waals surface area contributed by atoms with Gasteiger partial charge in [0.1, 0.15) is 67.8 Å². The average Bonchev–Trinajstić information content (AvgIpc) is 3.96. The summed E-state index contributed by atoms with van der Waals surface area (Å²) >= 11 is 6.89. The largest absolute Gasteiger partial charge is 0.508 e. The maximum absolute atomic E-state index is 12.8. The Labute approximate surface area is 377 Å². The van der Waals surface area contributed by atoms with E-state index in [1.807, 2.05) is 6.92 Å². The molecule has 330 valence electrons. The Morgan fingerprint density at radius 2 is 1.24 bits per heavy atom. The third-order valence-corrected chi connectivity index (χ3v) is 15.6. The number of hydrogen-bond donors (Lipinski definition) is 9. The first kappa shape index (κ1) is 45.4.